The van der Waals surface area contributed by atoms with E-state index in [1.807, 2.05) is 0 Å². The Morgan fingerprint density at radius 3 is 1.41 bits per heavy atom. The quantitative estimate of drug-likeness (QED) is 0.261. The van der Waals surface area contributed by atoms with Crippen molar-refractivity contribution in [2.45, 2.75) is 26.2 Å². The Hall–Kier alpha value is -3.64. The van der Waals surface area contributed by atoms with E-state index in [-0.39, 0.29) is 0 Å². The SMILES string of the molecule is CCCCc1c(-c2ccccc2)c(-c2ccccc2)c(-c2ccccc2)c2ccccc12. The van der Waals surface area contributed by atoms with Crippen molar-refractivity contribution in [1.29, 1.82) is 0 Å². The minimum absolute atomic E-state index is 1.08. The first kappa shape index (κ1) is 20.3. The summed E-state index contributed by atoms with van der Waals surface area (Å²) >= 11 is 0. The average Bonchev–Trinajstić information content (AvgIpc) is 2.88. The number of aryl methyl sites for hydroxylation is 1. The maximum atomic E-state index is 2.31. The first-order valence-electron chi connectivity index (χ1n) is 11.6. The summed E-state index contributed by atoms with van der Waals surface area (Å²) in [7, 11) is 0. The van der Waals surface area contributed by atoms with Crippen LogP contribution in [0, 0.1) is 0 Å². The molecule has 0 aliphatic carbocycles. The van der Waals surface area contributed by atoms with Crippen LogP contribution >= 0.6 is 0 Å². The molecular formula is C32H28. The predicted octanol–water partition coefficient (Wildman–Crippen LogP) is 9.18. The highest BCUT2D eigenvalue weighted by Gasteiger charge is 2.22. The smallest absolute Gasteiger partial charge is 0.00176 e. The number of hydrogen-bond donors (Lipinski definition) is 0. The van der Waals surface area contributed by atoms with Crippen LogP contribution in [0.3, 0.4) is 0 Å². The molecule has 0 aliphatic rings. The van der Waals surface area contributed by atoms with Crippen LogP contribution in [0.2, 0.25) is 0 Å². The van der Waals surface area contributed by atoms with E-state index in [1.165, 1.54) is 62.6 Å². The third-order valence-corrected chi connectivity index (χ3v) is 6.29. The maximum Gasteiger partial charge on any atom is -0.00176 e. The third-order valence-electron chi connectivity index (χ3n) is 6.29. The fourth-order valence-electron chi connectivity index (χ4n) is 4.84. The van der Waals surface area contributed by atoms with Crippen molar-refractivity contribution in [2.24, 2.45) is 0 Å². The summed E-state index contributed by atoms with van der Waals surface area (Å²) in [6.45, 7) is 2.28. The number of rotatable bonds is 6. The van der Waals surface area contributed by atoms with Crippen LogP contribution in [-0.4, -0.2) is 0 Å². The Labute approximate surface area is 191 Å². The van der Waals surface area contributed by atoms with Crippen molar-refractivity contribution >= 4 is 10.8 Å². The van der Waals surface area contributed by atoms with Gasteiger partial charge in [-0.15, -0.1) is 0 Å². The van der Waals surface area contributed by atoms with Gasteiger partial charge in [0.25, 0.3) is 0 Å². The van der Waals surface area contributed by atoms with Crippen molar-refractivity contribution in [2.75, 3.05) is 0 Å². The van der Waals surface area contributed by atoms with Crippen molar-refractivity contribution in [3.8, 4) is 33.4 Å². The molecule has 5 aromatic rings. The zero-order valence-electron chi connectivity index (χ0n) is 18.6. The number of fused-ring (bicyclic) bond motifs is 1. The van der Waals surface area contributed by atoms with E-state index in [1.54, 1.807) is 0 Å². The van der Waals surface area contributed by atoms with Crippen LogP contribution in [0.5, 0.6) is 0 Å². The monoisotopic (exact) mass is 412 g/mol. The molecule has 0 heterocycles. The Bertz CT molecular complexity index is 1320. The fourth-order valence-corrected chi connectivity index (χ4v) is 4.84. The molecule has 0 aromatic heterocycles. The van der Waals surface area contributed by atoms with E-state index >= 15 is 0 Å². The van der Waals surface area contributed by atoms with Gasteiger partial charge >= 0.3 is 0 Å². The van der Waals surface area contributed by atoms with E-state index in [2.05, 4.69) is 122 Å². The van der Waals surface area contributed by atoms with Gasteiger partial charge in [0.2, 0.25) is 0 Å². The molecule has 0 N–H and O–H groups in total. The van der Waals surface area contributed by atoms with Gasteiger partial charge in [0.1, 0.15) is 0 Å². The summed E-state index contributed by atoms with van der Waals surface area (Å²) < 4.78 is 0. The Kier molecular flexibility index (Phi) is 5.85. The highest BCUT2D eigenvalue weighted by atomic mass is 14.2. The molecule has 0 spiro atoms. The zero-order chi connectivity index (χ0) is 21.8. The molecule has 156 valence electrons. The summed E-state index contributed by atoms with van der Waals surface area (Å²) in [5, 5.41) is 2.71. The summed E-state index contributed by atoms with van der Waals surface area (Å²) in [4.78, 5) is 0. The molecule has 0 atom stereocenters. The summed E-state index contributed by atoms with van der Waals surface area (Å²) in [5.41, 5.74) is 9.34. The lowest BCUT2D eigenvalue weighted by atomic mass is 9.79. The molecule has 5 aromatic carbocycles. The van der Waals surface area contributed by atoms with E-state index in [4.69, 9.17) is 0 Å². The van der Waals surface area contributed by atoms with E-state index < -0.39 is 0 Å². The zero-order valence-corrected chi connectivity index (χ0v) is 18.6. The van der Waals surface area contributed by atoms with Crippen molar-refractivity contribution < 1.29 is 0 Å². The van der Waals surface area contributed by atoms with Crippen LogP contribution in [0.1, 0.15) is 25.3 Å². The molecule has 0 nitrogen and oxygen atoms in total. The second-order valence-corrected chi connectivity index (χ2v) is 8.35. The first-order valence-corrected chi connectivity index (χ1v) is 11.6. The second-order valence-electron chi connectivity index (χ2n) is 8.35. The minimum atomic E-state index is 1.08. The Morgan fingerprint density at radius 2 is 0.875 bits per heavy atom. The number of hydrogen-bond acceptors (Lipinski definition) is 0. The lowest BCUT2D eigenvalue weighted by Crippen LogP contribution is -2.00. The van der Waals surface area contributed by atoms with Crippen LogP contribution in [0.4, 0.5) is 0 Å². The molecule has 0 fully saturated rings. The van der Waals surface area contributed by atoms with Crippen LogP contribution in [-0.2, 0) is 6.42 Å². The van der Waals surface area contributed by atoms with Gasteiger partial charge in [-0.1, -0.05) is 129 Å². The lowest BCUT2D eigenvalue weighted by Gasteiger charge is -2.24. The fraction of sp³-hybridized carbons (Fsp3) is 0.125. The predicted molar refractivity (Wildman–Crippen MR) is 139 cm³/mol. The van der Waals surface area contributed by atoms with Crippen LogP contribution < -0.4 is 0 Å². The molecule has 0 amide bonds. The van der Waals surface area contributed by atoms with Crippen molar-refractivity contribution in [3.63, 3.8) is 0 Å². The highest BCUT2D eigenvalue weighted by Crippen LogP contribution is 2.47. The molecule has 0 radical (unpaired) electrons. The standard InChI is InChI=1S/C32H28/c1-2-3-21-28-27-22-13-14-23-29(27)31(25-17-9-5-10-18-25)32(26-19-11-6-12-20-26)30(28)24-15-7-4-8-16-24/h4-20,22-23H,2-3,21H2,1H3. The molecule has 32 heavy (non-hydrogen) atoms. The number of benzene rings is 5. The largest absolute Gasteiger partial charge is 0.0654 e. The molecule has 0 saturated heterocycles. The van der Waals surface area contributed by atoms with Gasteiger partial charge in [-0.3, -0.25) is 0 Å². The van der Waals surface area contributed by atoms with Gasteiger partial charge in [0.05, 0.1) is 0 Å². The lowest BCUT2D eigenvalue weighted by molar-refractivity contribution is 0.800. The molecule has 5 rings (SSSR count). The molecule has 0 saturated carbocycles. The summed E-state index contributed by atoms with van der Waals surface area (Å²) in [5.74, 6) is 0. The maximum absolute atomic E-state index is 2.31. The van der Waals surface area contributed by atoms with Gasteiger partial charge in [-0.25, -0.2) is 0 Å². The van der Waals surface area contributed by atoms with Gasteiger partial charge in [0, 0.05) is 0 Å². The van der Waals surface area contributed by atoms with Gasteiger partial charge in [-0.2, -0.15) is 0 Å². The average molecular weight is 413 g/mol. The molecule has 0 aliphatic heterocycles. The normalized spacial score (nSPS) is 11.0. The van der Waals surface area contributed by atoms with Crippen LogP contribution in [0.25, 0.3) is 44.2 Å². The van der Waals surface area contributed by atoms with E-state index in [0.717, 1.165) is 6.42 Å². The Morgan fingerprint density at radius 1 is 0.438 bits per heavy atom. The third kappa shape index (κ3) is 3.74. The topological polar surface area (TPSA) is 0 Å². The Balaban J connectivity index is 2.00. The summed E-state index contributed by atoms with van der Waals surface area (Å²) in [6.07, 6.45) is 3.45. The summed E-state index contributed by atoms with van der Waals surface area (Å²) in [6, 6.07) is 41.7. The molecular weight excluding hydrogens is 384 g/mol. The minimum Gasteiger partial charge on any atom is -0.0654 e. The van der Waals surface area contributed by atoms with E-state index in [0.29, 0.717) is 0 Å². The second kappa shape index (κ2) is 9.24. The number of unbranched alkanes of at least 4 members (excludes halogenated alkanes) is 1. The first-order chi connectivity index (χ1) is 15.9. The van der Waals surface area contributed by atoms with Crippen molar-refractivity contribution in [3.05, 3.63) is 121 Å². The van der Waals surface area contributed by atoms with E-state index in [9.17, 15) is 0 Å². The highest BCUT2D eigenvalue weighted by molar-refractivity contribution is 6.12. The molecule has 0 bridgehead atoms. The van der Waals surface area contributed by atoms with Crippen LogP contribution in [0.15, 0.2) is 115 Å². The molecule has 0 unspecified atom stereocenters. The molecule has 0 heteroatoms. The van der Waals surface area contributed by atoms with Crippen molar-refractivity contribution in [1.82, 2.24) is 0 Å². The van der Waals surface area contributed by atoms with Gasteiger partial charge in [0.15, 0.2) is 0 Å². The van der Waals surface area contributed by atoms with Gasteiger partial charge in [-0.05, 0) is 62.6 Å². The van der Waals surface area contributed by atoms with Gasteiger partial charge < -0.3 is 0 Å².